The van der Waals surface area contributed by atoms with E-state index in [1.807, 2.05) is 54.1 Å². The number of hydrogen-bond donors (Lipinski definition) is 2. The van der Waals surface area contributed by atoms with Crippen LogP contribution in [0.25, 0.3) is 5.57 Å². The topological polar surface area (TPSA) is 104 Å². The summed E-state index contributed by atoms with van der Waals surface area (Å²) in [5, 5.41) is 20.7. The molecule has 0 radical (unpaired) electrons. The number of aliphatic hydroxyl groups is 1. The number of aryl methyl sites for hydroxylation is 1. The largest absolute Gasteiger partial charge is 0.370 e. The van der Waals surface area contributed by atoms with Crippen molar-refractivity contribution in [2.45, 2.75) is 11.8 Å². The summed E-state index contributed by atoms with van der Waals surface area (Å²) in [7, 11) is 3.68. The molecule has 0 saturated carbocycles. The lowest BCUT2D eigenvalue weighted by Gasteiger charge is -2.34. The quantitative estimate of drug-likeness (QED) is 0.458. The summed E-state index contributed by atoms with van der Waals surface area (Å²) < 4.78 is 1.89. The van der Waals surface area contributed by atoms with Gasteiger partial charge in [-0.3, -0.25) is 0 Å². The van der Waals surface area contributed by atoms with Crippen LogP contribution in [0.3, 0.4) is 0 Å². The van der Waals surface area contributed by atoms with Gasteiger partial charge in [-0.2, -0.15) is 5.26 Å². The smallest absolute Gasteiger partial charge is 0.148 e. The van der Waals surface area contributed by atoms with Gasteiger partial charge in [-0.05, 0) is 53.1 Å². The zero-order chi connectivity index (χ0) is 24.7. The van der Waals surface area contributed by atoms with E-state index in [1.165, 1.54) is 0 Å². The minimum atomic E-state index is -1.08. The molecule has 35 heavy (non-hydrogen) atoms. The van der Waals surface area contributed by atoms with Crippen molar-refractivity contribution in [2.75, 3.05) is 11.9 Å². The number of nitriles is 1. The van der Waals surface area contributed by atoms with Crippen LogP contribution in [0.5, 0.6) is 0 Å². The van der Waals surface area contributed by atoms with Crippen molar-refractivity contribution in [1.82, 2.24) is 14.5 Å². The standard InChI is InChI=1S/C27H23ClN6O/c1-33-16-31-15-24(33)27(30,19-6-8-21(28)9-7-19)20-11-23-22(18-5-3-4-17(10-18)13-29)12-25(35)34(2)26(23)32-14-20/h3-12,14-16,25,35H,30H2,1-2H3. The Balaban J connectivity index is 1.75. The monoisotopic (exact) mass is 482 g/mol. The van der Waals surface area contributed by atoms with Gasteiger partial charge in [-0.25, -0.2) is 9.97 Å². The number of halogens is 1. The molecule has 2 unspecified atom stereocenters. The molecular weight excluding hydrogens is 460 g/mol. The molecule has 0 amide bonds. The van der Waals surface area contributed by atoms with Gasteiger partial charge in [0.1, 0.15) is 17.6 Å². The van der Waals surface area contributed by atoms with Gasteiger partial charge in [0.25, 0.3) is 0 Å². The van der Waals surface area contributed by atoms with E-state index in [-0.39, 0.29) is 0 Å². The van der Waals surface area contributed by atoms with Crippen LogP contribution in [-0.4, -0.2) is 32.9 Å². The zero-order valence-corrected chi connectivity index (χ0v) is 20.0. The van der Waals surface area contributed by atoms with Crippen LogP contribution in [0.15, 0.2) is 79.4 Å². The van der Waals surface area contributed by atoms with Crippen molar-refractivity contribution in [3.63, 3.8) is 0 Å². The SMILES string of the molecule is CN1c2ncc(C(N)(c3ccc(Cl)cc3)c3cncn3C)cc2C(c2cccc(C#N)c2)=CC1O. The van der Waals surface area contributed by atoms with E-state index < -0.39 is 11.8 Å². The normalized spacial score (nSPS) is 16.7. The van der Waals surface area contributed by atoms with Gasteiger partial charge in [0, 0.05) is 36.4 Å². The van der Waals surface area contributed by atoms with Crippen molar-refractivity contribution >= 4 is 23.0 Å². The van der Waals surface area contributed by atoms with Gasteiger partial charge in [0.15, 0.2) is 0 Å². The van der Waals surface area contributed by atoms with Crippen LogP contribution in [0, 0.1) is 11.3 Å². The van der Waals surface area contributed by atoms with Crippen molar-refractivity contribution in [3.8, 4) is 6.07 Å². The highest BCUT2D eigenvalue weighted by molar-refractivity contribution is 6.30. The molecule has 0 bridgehead atoms. The second kappa shape index (κ2) is 8.67. The molecule has 8 heteroatoms. The predicted molar refractivity (Wildman–Crippen MR) is 136 cm³/mol. The number of pyridine rings is 1. The maximum atomic E-state index is 10.7. The van der Waals surface area contributed by atoms with E-state index in [4.69, 9.17) is 22.3 Å². The van der Waals surface area contributed by atoms with Crippen molar-refractivity contribution in [1.29, 1.82) is 5.26 Å². The summed E-state index contributed by atoms with van der Waals surface area (Å²) in [6.07, 6.45) is 6.09. The number of benzene rings is 2. The summed E-state index contributed by atoms with van der Waals surface area (Å²) in [6.45, 7) is 0. The number of fused-ring (bicyclic) bond motifs is 1. The molecule has 2 atom stereocenters. The number of anilines is 1. The molecule has 174 valence electrons. The third-order valence-corrected chi connectivity index (χ3v) is 6.73. The molecule has 0 saturated heterocycles. The second-order valence-electron chi connectivity index (χ2n) is 8.60. The molecule has 0 spiro atoms. The first-order valence-electron chi connectivity index (χ1n) is 11.0. The van der Waals surface area contributed by atoms with Gasteiger partial charge in [-0.15, -0.1) is 0 Å². The van der Waals surface area contributed by atoms with E-state index in [0.717, 1.165) is 33.5 Å². The van der Waals surface area contributed by atoms with Crippen molar-refractivity contribution in [2.24, 2.45) is 12.8 Å². The van der Waals surface area contributed by atoms with Gasteiger partial charge in [0.2, 0.25) is 0 Å². The van der Waals surface area contributed by atoms with Crippen LogP contribution in [0.1, 0.15) is 33.5 Å². The maximum absolute atomic E-state index is 10.7. The van der Waals surface area contributed by atoms with Gasteiger partial charge < -0.3 is 20.3 Å². The van der Waals surface area contributed by atoms with E-state index in [1.54, 1.807) is 48.9 Å². The number of nitrogens with two attached hydrogens (primary N) is 1. The Hall–Kier alpha value is -3.96. The summed E-state index contributed by atoms with van der Waals surface area (Å²) in [5.41, 5.74) is 11.4. The highest BCUT2D eigenvalue weighted by atomic mass is 35.5. The molecule has 4 aromatic rings. The highest BCUT2D eigenvalue weighted by Gasteiger charge is 2.37. The second-order valence-corrected chi connectivity index (χ2v) is 9.03. The van der Waals surface area contributed by atoms with E-state index in [9.17, 15) is 10.4 Å². The highest BCUT2D eigenvalue weighted by Crippen LogP contribution is 2.40. The molecule has 2 aromatic carbocycles. The van der Waals surface area contributed by atoms with Crippen molar-refractivity contribution < 1.29 is 5.11 Å². The molecule has 0 fully saturated rings. The Kier molecular flexibility index (Phi) is 5.65. The average Bonchev–Trinajstić information content (AvgIpc) is 3.32. The summed E-state index contributed by atoms with van der Waals surface area (Å²) in [6, 6.07) is 18.9. The summed E-state index contributed by atoms with van der Waals surface area (Å²) in [4.78, 5) is 10.7. The molecular formula is C27H23ClN6O. The lowest BCUT2D eigenvalue weighted by atomic mass is 9.80. The molecule has 1 aliphatic heterocycles. The molecule has 3 heterocycles. The first-order chi connectivity index (χ1) is 16.8. The van der Waals surface area contributed by atoms with Gasteiger partial charge in [-0.1, -0.05) is 35.9 Å². The Morgan fingerprint density at radius 3 is 2.54 bits per heavy atom. The number of likely N-dealkylation sites (N-methyl/N-ethyl adjacent to an activating group) is 1. The number of hydrogen-bond acceptors (Lipinski definition) is 6. The summed E-state index contributed by atoms with van der Waals surface area (Å²) in [5.74, 6) is 0.615. The minimum absolute atomic E-state index is 0.534. The Labute approximate surface area is 208 Å². The van der Waals surface area contributed by atoms with Gasteiger partial charge in [0.05, 0.1) is 29.9 Å². The Morgan fingerprint density at radius 2 is 1.86 bits per heavy atom. The van der Waals surface area contributed by atoms with Crippen LogP contribution >= 0.6 is 11.6 Å². The number of rotatable bonds is 4. The fraction of sp³-hybridized carbons (Fsp3) is 0.148. The molecule has 5 rings (SSSR count). The molecule has 0 aliphatic carbocycles. The van der Waals surface area contributed by atoms with Crippen LogP contribution in [-0.2, 0) is 12.6 Å². The number of nitrogens with zero attached hydrogens (tertiary/aromatic N) is 5. The molecule has 1 aliphatic rings. The van der Waals surface area contributed by atoms with Crippen LogP contribution in [0.4, 0.5) is 5.82 Å². The van der Waals surface area contributed by atoms with Crippen LogP contribution in [0.2, 0.25) is 5.02 Å². The lowest BCUT2D eigenvalue weighted by molar-refractivity contribution is 0.221. The Bertz CT molecular complexity index is 1490. The third-order valence-electron chi connectivity index (χ3n) is 6.48. The Morgan fingerprint density at radius 1 is 1.09 bits per heavy atom. The lowest BCUT2D eigenvalue weighted by Crippen LogP contribution is -2.41. The van der Waals surface area contributed by atoms with E-state index >= 15 is 0 Å². The number of imidazole rings is 1. The van der Waals surface area contributed by atoms with Crippen LogP contribution < -0.4 is 10.6 Å². The third kappa shape index (κ3) is 3.78. The first-order valence-corrected chi connectivity index (χ1v) is 11.4. The van der Waals surface area contributed by atoms with E-state index in [0.29, 0.717) is 16.4 Å². The fourth-order valence-electron chi connectivity index (χ4n) is 4.55. The molecule has 2 aromatic heterocycles. The van der Waals surface area contributed by atoms with Crippen molar-refractivity contribution in [3.05, 3.63) is 118 Å². The zero-order valence-electron chi connectivity index (χ0n) is 19.2. The fourth-order valence-corrected chi connectivity index (χ4v) is 4.67. The molecule has 3 N–H and O–H groups in total. The van der Waals surface area contributed by atoms with E-state index in [2.05, 4.69) is 11.1 Å². The number of aliphatic hydroxyl groups excluding tert-OH is 1. The minimum Gasteiger partial charge on any atom is -0.370 e. The summed E-state index contributed by atoms with van der Waals surface area (Å²) >= 11 is 6.17. The number of aromatic nitrogens is 3. The average molecular weight is 483 g/mol. The maximum Gasteiger partial charge on any atom is 0.148 e. The molecule has 7 nitrogen and oxygen atoms in total. The van der Waals surface area contributed by atoms with Gasteiger partial charge >= 0.3 is 0 Å². The predicted octanol–water partition coefficient (Wildman–Crippen LogP) is 3.79. The first kappa shape index (κ1) is 22.8.